The van der Waals surface area contributed by atoms with Crippen LogP contribution in [0.1, 0.15) is 17.0 Å². The molecule has 0 aliphatic rings. The number of nitrogens with zero attached hydrogens (tertiary/aromatic N) is 4. The molecule has 0 aliphatic carbocycles. The van der Waals surface area contributed by atoms with Crippen molar-refractivity contribution in [3.05, 3.63) is 46.2 Å². The predicted molar refractivity (Wildman–Crippen MR) is 71.9 cm³/mol. The Morgan fingerprint density at radius 3 is 2.68 bits per heavy atom. The van der Waals surface area contributed by atoms with E-state index in [-0.39, 0.29) is 13.2 Å². The third-order valence-corrected chi connectivity index (χ3v) is 2.77. The number of aromatic nitrogens is 3. The van der Waals surface area contributed by atoms with Crippen molar-refractivity contribution in [3.8, 4) is 6.07 Å². The van der Waals surface area contributed by atoms with Gasteiger partial charge in [-0.2, -0.15) is 5.26 Å². The minimum atomic E-state index is -0.217. The van der Waals surface area contributed by atoms with E-state index in [1.54, 1.807) is 18.2 Å². The summed E-state index contributed by atoms with van der Waals surface area (Å²) in [6.45, 7) is -0.126. The first-order valence-corrected chi connectivity index (χ1v) is 5.96. The second kappa shape index (κ2) is 6.14. The highest BCUT2D eigenvalue weighted by molar-refractivity contribution is 6.30. The molecule has 1 heterocycles. The summed E-state index contributed by atoms with van der Waals surface area (Å²) >= 11 is 5.81. The molecule has 2 aromatic rings. The zero-order valence-electron chi connectivity index (χ0n) is 9.99. The normalized spacial score (nSPS) is 10.8. The molecule has 96 valence electrons. The molecule has 2 rings (SSSR count). The Hall–Kier alpha value is -2.16. The molecular weight excluding hydrogens is 264 g/mol. The van der Waals surface area contributed by atoms with Gasteiger partial charge < -0.3 is 5.11 Å². The van der Waals surface area contributed by atoms with Crippen LogP contribution in [0.3, 0.4) is 0 Å². The third kappa shape index (κ3) is 3.19. The van der Waals surface area contributed by atoms with Gasteiger partial charge in [0.1, 0.15) is 12.2 Å². The fourth-order valence-electron chi connectivity index (χ4n) is 1.58. The second-order valence-corrected chi connectivity index (χ2v) is 4.22. The highest BCUT2D eigenvalue weighted by Crippen LogP contribution is 2.14. The first-order valence-electron chi connectivity index (χ1n) is 5.58. The number of benzene rings is 1. The van der Waals surface area contributed by atoms with Crippen molar-refractivity contribution < 1.29 is 5.11 Å². The molecule has 5 nitrogen and oxygen atoms in total. The van der Waals surface area contributed by atoms with Gasteiger partial charge in [-0.3, -0.25) is 0 Å². The smallest absolute Gasteiger partial charge is 0.130 e. The van der Waals surface area contributed by atoms with Gasteiger partial charge in [-0.25, -0.2) is 4.68 Å². The summed E-state index contributed by atoms with van der Waals surface area (Å²) in [5, 5.41) is 26.2. The molecular formula is C13H11ClN4O. The van der Waals surface area contributed by atoms with Crippen molar-refractivity contribution in [3.63, 3.8) is 0 Å². The minimum Gasteiger partial charge on any atom is -0.390 e. The van der Waals surface area contributed by atoms with Crippen molar-refractivity contribution in [2.45, 2.75) is 13.2 Å². The average molecular weight is 275 g/mol. The summed E-state index contributed by atoms with van der Waals surface area (Å²) in [7, 11) is 0. The lowest BCUT2D eigenvalue weighted by atomic mass is 10.2. The molecule has 1 aromatic heterocycles. The molecule has 0 saturated carbocycles. The number of hydrogen-bond donors (Lipinski definition) is 1. The molecule has 0 aliphatic heterocycles. The number of rotatable bonds is 4. The second-order valence-electron chi connectivity index (χ2n) is 3.78. The number of nitriles is 1. The SMILES string of the molecule is N#CCn1nnc(CO)c1/C=C/c1ccc(Cl)cc1. The van der Waals surface area contributed by atoms with Gasteiger partial charge in [-0.15, -0.1) is 5.10 Å². The van der Waals surface area contributed by atoms with Crippen LogP contribution in [0.25, 0.3) is 12.2 Å². The minimum absolute atomic E-state index is 0.0906. The molecule has 0 atom stereocenters. The van der Waals surface area contributed by atoms with E-state index in [0.717, 1.165) is 5.56 Å². The average Bonchev–Trinajstić information content (AvgIpc) is 2.81. The number of aliphatic hydroxyl groups is 1. The Bertz CT molecular complexity index is 625. The monoisotopic (exact) mass is 274 g/mol. The van der Waals surface area contributed by atoms with Gasteiger partial charge in [0.15, 0.2) is 0 Å². The largest absolute Gasteiger partial charge is 0.390 e. The Morgan fingerprint density at radius 2 is 2.05 bits per heavy atom. The van der Waals surface area contributed by atoms with Crippen LogP contribution in [0.15, 0.2) is 24.3 Å². The Kier molecular flexibility index (Phi) is 4.29. The summed E-state index contributed by atoms with van der Waals surface area (Å²) in [6, 6.07) is 9.32. The Labute approximate surface area is 115 Å². The van der Waals surface area contributed by atoms with Gasteiger partial charge in [0, 0.05) is 5.02 Å². The van der Waals surface area contributed by atoms with E-state index in [4.69, 9.17) is 16.9 Å². The zero-order chi connectivity index (χ0) is 13.7. The Morgan fingerprint density at radius 1 is 1.32 bits per heavy atom. The number of hydrogen-bond acceptors (Lipinski definition) is 4. The van der Waals surface area contributed by atoms with Gasteiger partial charge in [-0.05, 0) is 23.8 Å². The van der Waals surface area contributed by atoms with Crippen molar-refractivity contribution in [2.24, 2.45) is 0 Å². The van der Waals surface area contributed by atoms with Gasteiger partial charge in [0.25, 0.3) is 0 Å². The highest BCUT2D eigenvalue weighted by Gasteiger charge is 2.08. The number of aliphatic hydroxyl groups excluding tert-OH is 1. The third-order valence-electron chi connectivity index (χ3n) is 2.52. The lowest BCUT2D eigenvalue weighted by Gasteiger charge is -1.98. The van der Waals surface area contributed by atoms with Gasteiger partial charge in [0.2, 0.25) is 0 Å². The molecule has 0 spiro atoms. The molecule has 6 heteroatoms. The lowest BCUT2D eigenvalue weighted by Crippen LogP contribution is -2.01. The summed E-state index contributed by atoms with van der Waals surface area (Å²) in [5.74, 6) is 0. The van der Waals surface area contributed by atoms with Gasteiger partial charge in [0.05, 0.1) is 18.4 Å². The van der Waals surface area contributed by atoms with Crippen LogP contribution in [0, 0.1) is 11.3 Å². The predicted octanol–water partition coefficient (Wildman–Crippen LogP) is 2.12. The van der Waals surface area contributed by atoms with E-state index in [1.165, 1.54) is 4.68 Å². The van der Waals surface area contributed by atoms with Crippen LogP contribution in [0.4, 0.5) is 0 Å². The first-order chi connectivity index (χ1) is 9.24. The van der Waals surface area contributed by atoms with E-state index in [9.17, 15) is 5.11 Å². The fraction of sp³-hybridized carbons (Fsp3) is 0.154. The highest BCUT2D eigenvalue weighted by atomic mass is 35.5. The van der Waals surface area contributed by atoms with Crippen molar-refractivity contribution >= 4 is 23.8 Å². The van der Waals surface area contributed by atoms with Crippen LogP contribution in [-0.2, 0) is 13.2 Å². The molecule has 19 heavy (non-hydrogen) atoms. The number of halogens is 1. The Balaban J connectivity index is 2.29. The van der Waals surface area contributed by atoms with Crippen LogP contribution >= 0.6 is 11.6 Å². The quantitative estimate of drug-likeness (QED) is 0.927. The zero-order valence-corrected chi connectivity index (χ0v) is 10.7. The first kappa shape index (κ1) is 13.3. The molecule has 1 N–H and O–H groups in total. The maximum atomic E-state index is 9.18. The van der Waals surface area contributed by atoms with Crippen LogP contribution < -0.4 is 0 Å². The fourth-order valence-corrected chi connectivity index (χ4v) is 1.71. The molecule has 0 fully saturated rings. The van der Waals surface area contributed by atoms with E-state index in [2.05, 4.69) is 10.3 Å². The summed E-state index contributed by atoms with van der Waals surface area (Å²) < 4.78 is 1.44. The molecule has 0 saturated heterocycles. The van der Waals surface area contributed by atoms with Crippen molar-refractivity contribution in [2.75, 3.05) is 0 Å². The maximum absolute atomic E-state index is 9.18. The summed E-state index contributed by atoms with van der Waals surface area (Å²) in [5.41, 5.74) is 2.03. The van der Waals surface area contributed by atoms with E-state index in [1.807, 2.05) is 24.3 Å². The van der Waals surface area contributed by atoms with E-state index < -0.39 is 0 Å². The van der Waals surface area contributed by atoms with Crippen LogP contribution in [0.5, 0.6) is 0 Å². The molecule has 0 radical (unpaired) electrons. The van der Waals surface area contributed by atoms with Crippen molar-refractivity contribution in [1.29, 1.82) is 5.26 Å². The van der Waals surface area contributed by atoms with Crippen LogP contribution in [0.2, 0.25) is 5.02 Å². The molecule has 0 bridgehead atoms. The molecule has 0 amide bonds. The van der Waals surface area contributed by atoms with Crippen LogP contribution in [-0.4, -0.2) is 20.1 Å². The van der Waals surface area contributed by atoms with E-state index in [0.29, 0.717) is 16.4 Å². The molecule has 0 unspecified atom stereocenters. The summed E-state index contributed by atoms with van der Waals surface area (Å²) in [6.07, 6.45) is 3.62. The lowest BCUT2D eigenvalue weighted by molar-refractivity contribution is 0.276. The summed E-state index contributed by atoms with van der Waals surface area (Å²) in [4.78, 5) is 0. The van der Waals surface area contributed by atoms with E-state index >= 15 is 0 Å². The van der Waals surface area contributed by atoms with Gasteiger partial charge >= 0.3 is 0 Å². The van der Waals surface area contributed by atoms with Crippen molar-refractivity contribution in [1.82, 2.24) is 15.0 Å². The standard InChI is InChI=1S/C13H11ClN4O/c14-11-4-1-10(2-5-11)3-6-13-12(9-19)16-17-18(13)8-7-15/h1-6,19H,8-9H2/b6-3+. The maximum Gasteiger partial charge on any atom is 0.130 e. The molecule has 1 aromatic carbocycles. The van der Waals surface area contributed by atoms with Gasteiger partial charge in [-0.1, -0.05) is 35.0 Å². The topological polar surface area (TPSA) is 74.7 Å².